The Labute approximate surface area is 146 Å². The van der Waals surface area contributed by atoms with Crippen molar-refractivity contribution in [2.75, 3.05) is 0 Å². The summed E-state index contributed by atoms with van der Waals surface area (Å²) < 4.78 is 20.5. The third-order valence-corrected chi connectivity index (χ3v) is 4.15. The van der Waals surface area contributed by atoms with E-state index in [2.05, 4.69) is 0 Å². The molecule has 0 saturated carbocycles. The normalized spacial score (nSPS) is 23.8. The van der Waals surface area contributed by atoms with Crippen molar-refractivity contribution in [1.82, 2.24) is 0 Å². The van der Waals surface area contributed by atoms with Crippen molar-refractivity contribution in [3.8, 4) is 0 Å². The topological polar surface area (TPSA) is 105 Å². The molecule has 2 aliphatic heterocycles. The van der Waals surface area contributed by atoms with Crippen LogP contribution in [-0.2, 0) is 38.1 Å². The zero-order valence-electron chi connectivity index (χ0n) is 15.1. The fourth-order valence-corrected chi connectivity index (χ4v) is 3.12. The SMILES string of the molecule is CCCCC(C1C(=O)OC(C)(C)OC1=O)C1C(=O)OC(C)(C)OC1=O. The maximum Gasteiger partial charge on any atom is 0.323 e. The van der Waals surface area contributed by atoms with Gasteiger partial charge in [-0.15, -0.1) is 0 Å². The van der Waals surface area contributed by atoms with Crippen molar-refractivity contribution in [1.29, 1.82) is 0 Å². The minimum atomic E-state index is -1.38. The molecule has 2 rings (SSSR count). The molecular weight excluding hydrogens is 332 g/mol. The predicted octanol–water partition coefficient (Wildman–Crippen LogP) is 1.70. The fourth-order valence-electron chi connectivity index (χ4n) is 3.12. The van der Waals surface area contributed by atoms with Crippen molar-refractivity contribution in [3.05, 3.63) is 0 Å². The molecule has 0 radical (unpaired) electrons. The van der Waals surface area contributed by atoms with Crippen molar-refractivity contribution in [2.45, 2.75) is 65.5 Å². The van der Waals surface area contributed by atoms with E-state index in [1.54, 1.807) is 0 Å². The lowest BCUT2D eigenvalue weighted by molar-refractivity contribution is -0.251. The number of rotatable bonds is 5. The predicted molar refractivity (Wildman–Crippen MR) is 82.5 cm³/mol. The lowest BCUT2D eigenvalue weighted by atomic mass is 9.77. The molecule has 0 aromatic heterocycles. The highest BCUT2D eigenvalue weighted by Crippen LogP contribution is 2.38. The first kappa shape index (κ1) is 19.2. The smallest absolute Gasteiger partial charge is 0.323 e. The zero-order valence-corrected chi connectivity index (χ0v) is 15.1. The first-order valence-electron chi connectivity index (χ1n) is 8.39. The third kappa shape index (κ3) is 4.11. The van der Waals surface area contributed by atoms with Gasteiger partial charge in [0.15, 0.2) is 11.8 Å². The molecule has 0 aliphatic carbocycles. The van der Waals surface area contributed by atoms with Crippen LogP contribution in [0.4, 0.5) is 0 Å². The first-order chi connectivity index (χ1) is 11.5. The van der Waals surface area contributed by atoms with E-state index in [-0.39, 0.29) is 6.42 Å². The maximum atomic E-state index is 12.4. The van der Waals surface area contributed by atoms with E-state index in [0.717, 1.165) is 6.42 Å². The van der Waals surface area contributed by atoms with Gasteiger partial charge in [0, 0.05) is 33.6 Å². The summed E-state index contributed by atoms with van der Waals surface area (Å²) in [4.78, 5) is 49.5. The Morgan fingerprint density at radius 3 is 1.36 bits per heavy atom. The van der Waals surface area contributed by atoms with E-state index in [4.69, 9.17) is 18.9 Å². The van der Waals surface area contributed by atoms with Crippen LogP contribution in [0.25, 0.3) is 0 Å². The number of hydrogen-bond acceptors (Lipinski definition) is 8. The van der Waals surface area contributed by atoms with Crippen LogP contribution in [0.15, 0.2) is 0 Å². The quantitative estimate of drug-likeness (QED) is 0.541. The van der Waals surface area contributed by atoms with Gasteiger partial charge in [-0.1, -0.05) is 19.8 Å². The van der Waals surface area contributed by atoms with E-state index in [0.29, 0.717) is 6.42 Å². The summed E-state index contributed by atoms with van der Waals surface area (Å²) in [5, 5.41) is 0. The molecule has 0 aromatic carbocycles. The van der Waals surface area contributed by atoms with E-state index in [9.17, 15) is 19.2 Å². The van der Waals surface area contributed by atoms with Gasteiger partial charge in [0.2, 0.25) is 0 Å². The van der Waals surface area contributed by atoms with Crippen molar-refractivity contribution < 1.29 is 38.1 Å². The summed E-state index contributed by atoms with van der Waals surface area (Å²) in [6.07, 6.45) is 1.63. The summed E-state index contributed by atoms with van der Waals surface area (Å²) in [6.45, 7) is 7.66. The highest BCUT2D eigenvalue weighted by molar-refractivity contribution is 6.01. The lowest BCUT2D eigenvalue weighted by Gasteiger charge is -2.40. The van der Waals surface area contributed by atoms with Crippen molar-refractivity contribution in [3.63, 3.8) is 0 Å². The molecule has 25 heavy (non-hydrogen) atoms. The second-order valence-corrected chi connectivity index (χ2v) is 7.25. The number of carbonyl (C=O) groups is 4. The lowest BCUT2D eigenvalue weighted by Crippen LogP contribution is -2.55. The summed E-state index contributed by atoms with van der Waals surface area (Å²) in [5.41, 5.74) is 0. The molecule has 0 bridgehead atoms. The molecule has 0 spiro atoms. The number of unbranched alkanes of at least 4 members (excludes halogenated alkanes) is 1. The largest absolute Gasteiger partial charge is 0.422 e. The Morgan fingerprint density at radius 2 is 1.08 bits per heavy atom. The Balaban J connectivity index is 2.33. The number of cyclic esters (lactones) is 4. The van der Waals surface area contributed by atoms with E-state index >= 15 is 0 Å². The van der Waals surface area contributed by atoms with Crippen LogP contribution in [0.1, 0.15) is 53.9 Å². The monoisotopic (exact) mass is 356 g/mol. The summed E-state index contributed by atoms with van der Waals surface area (Å²) in [5.74, 6) is -9.68. The highest BCUT2D eigenvalue weighted by Gasteiger charge is 2.55. The number of hydrogen-bond donors (Lipinski definition) is 0. The Hall–Kier alpha value is -2.12. The highest BCUT2D eigenvalue weighted by atomic mass is 16.8. The van der Waals surface area contributed by atoms with E-state index in [1.165, 1.54) is 27.7 Å². The third-order valence-electron chi connectivity index (χ3n) is 4.15. The standard InChI is InChI=1S/C17H24O8/c1-6-7-8-9(10-12(18)22-16(2,3)23-13(10)19)11-14(20)24-17(4,5)25-15(11)21/h9-11H,6-8H2,1-5H3. The Morgan fingerprint density at radius 1 is 0.760 bits per heavy atom. The zero-order chi connectivity index (χ0) is 19.0. The van der Waals surface area contributed by atoms with Crippen LogP contribution < -0.4 is 0 Å². The molecular formula is C17H24O8. The van der Waals surface area contributed by atoms with E-state index < -0.39 is 53.2 Å². The molecule has 2 saturated heterocycles. The number of ether oxygens (including phenoxy) is 4. The minimum absolute atomic E-state index is 0.279. The molecule has 2 aliphatic rings. The summed E-state index contributed by atoms with van der Waals surface area (Å²) in [7, 11) is 0. The minimum Gasteiger partial charge on any atom is -0.422 e. The van der Waals surface area contributed by atoms with Crippen molar-refractivity contribution >= 4 is 23.9 Å². The summed E-state index contributed by atoms with van der Waals surface area (Å²) in [6, 6.07) is 0. The molecule has 8 nitrogen and oxygen atoms in total. The van der Waals surface area contributed by atoms with Gasteiger partial charge in [-0.05, 0) is 6.42 Å². The van der Waals surface area contributed by atoms with Crippen LogP contribution in [0.2, 0.25) is 0 Å². The first-order valence-corrected chi connectivity index (χ1v) is 8.39. The van der Waals surface area contributed by atoms with Crippen LogP contribution in [-0.4, -0.2) is 35.5 Å². The van der Waals surface area contributed by atoms with E-state index in [1.807, 2.05) is 6.92 Å². The van der Waals surface area contributed by atoms with Gasteiger partial charge in [-0.2, -0.15) is 0 Å². The van der Waals surface area contributed by atoms with Gasteiger partial charge in [-0.25, -0.2) is 0 Å². The summed E-state index contributed by atoms with van der Waals surface area (Å²) >= 11 is 0. The molecule has 0 atom stereocenters. The molecule has 2 heterocycles. The van der Waals surface area contributed by atoms with Gasteiger partial charge >= 0.3 is 23.9 Å². The molecule has 0 aromatic rings. The van der Waals surface area contributed by atoms with Gasteiger partial charge in [0.1, 0.15) is 0 Å². The number of esters is 4. The van der Waals surface area contributed by atoms with Crippen LogP contribution >= 0.6 is 0 Å². The van der Waals surface area contributed by atoms with Crippen LogP contribution in [0.3, 0.4) is 0 Å². The fraction of sp³-hybridized carbons (Fsp3) is 0.765. The molecule has 0 amide bonds. The van der Waals surface area contributed by atoms with Gasteiger partial charge in [-0.3, -0.25) is 19.2 Å². The second kappa shape index (κ2) is 6.65. The molecule has 8 heteroatoms. The van der Waals surface area contributed by atoms with Crippen LogP contribution in [0, 0.1) is 17.8 Å². The molecule has 2 fully saturated rings. The van der Waals surface area contributed by atoms with Crippen LogP contribution in [0.5, 0.6) is 0 Å². The molecule has 0 N–H and O–H groups in total. The molecule has 0 unspecified atom stereocenters. The van der Waals surface area contributed by atoms with Gasteiger partial charge < -0.3 is 18.9 Å². The Kier molecular flexibility index (Phi) is 5.11. The second-order valence-electron chi connectivity index (χ2n) is 7.25. The average Bonchev–Trinajstić information content (AvgIpc) is 2.39. The average molecular weight is 356 g/mol. The number of carbonyl (C=O) groups excluding carboxylic acids is 4. The van der Waals surface area contributed by atoms with Gasteiger partial charge in [0.05, 0.1) is 0 Å². The maximum absolute atomic E-state index is 12.4. The van der Waals surface area contributed by atoms with Crippen molar-refractivity contribution in [2.24, 2.45) is 17.8 Å². The van der Waals surface area contributed by atoms with Gasteiger partial charge in [0.25, 0.3) is 11.6 Å². The molecule has 140 valence electrons. The Bertz CT molecular complexity index is 503.